The van der Waals surface area contributed by atoms with Gasteiger partial charge in [0.25, 0.3) is 0 Å². The Bertz CT molecular complexity index is 421. The number of nitrogens with zero attached hydrogens (tertiary/aromatic N) is 2. The predicted octanol–water partition coefficient (Wildman–Crippen LogP) is 1.78. The van der Waals surface area contributed by atoms with Gasteiger partial charge < -0.3 is 4.74 Å². The number of aryl methyl sites for hydroxylation is 1. The average molecular weight is 192 g/mol. The van der Waals surface area contributed by atoms with Crippen LogP contribution in [0.1, 0.15) is 11.1 Å². The van der Waals surface area contributed by atoms with E-state index in [1.54, 1.807) is 6.92 Å². The zero-order valence-corrected chi connectivity index (χ0v) is 7.77. The lowest BCUT2D eigenvalue weighted by atomic mass is 10.1. The molecule has 5 heteroatoms. The van der Waals surface area contributed by atoms with E-state index in [0.717, 1.165) is 0 Å². The van der Waals surface area contributed by atoms with Gasteiger partial charge in [0.05, 0.1) is 23.7 Å². The van der Waals surface area contributed by atoms with Gasteiger partial charge in [-0.15, -0.1) is 0 Å². The summed E-state index contributed by atoms with van der Waals surface area (Å²) in [6.45, 7) is 1.57. The Kier molecular flexibility index (Phi) is 2.67. The van der Waals surface area contributed by atoms with Crippen molar-refractivity contribution in [1.29, 1.82) is 5.26 Å². The fraction of sp³-hybridized carbons (Fsp3) is 0.222. The molecule has 0 heterocycles. The summed E-state index contributed by atoms with van der Waals surface area (Å²) in [4.78, 5) is 10.1. The lowest BCUT2D eigenvalue weighted by molar-refractivity contribution is -0.386. The fourth-order valence-electron chi connectivity index (χ4n) is 1.20. The zero-order valence-electron chi connectivity index (χ0n) is 7.77. The van der Waals surface area contributed by atoms with Crippen molar-refractivity contribution in [2.45, 2.75) is 6.92 Å². The number of hydrogen-bond donors (Lipinski definition) is 0. The standard InChI is InChI=1S/C9H8N2O3/c1-6-3-7(5-10)4-8(14-2)9(6)11(12)13/h3-4H,1-2H3. The molecule has 0 fully saturated rings. The monoisotopic (exact) mass is 192 g/mol. The number of nitro benzene ring substituents is 1. The van der Waals surface area contributed by atoms with E-state index in [1.807, 2.05) is 6.07 Å². The van der Waals surface area contributed by atoms with Crippen LogP contribution >= 0.6 is 0 Å². The van der Waals surface area contributed by atoms with E-state index in [0.29, 0.717) is 11.1 Å². The van der Waals surface area contributed by atoms with Gasteiger partial charge in [0.2, 0.25) is 0 Å². The molecule has 0 amide bonds. The number of methoxy groups -OCH3 is 1. The lowest BCUT2D eigenvalue weighted by Crippen LogP contribution is -1.97. The number of benzene rings is 1. The maximum absolute atomic E-state index is 10.6. The zero-order chi connectivity index (χ0) is 10.7. The first-order valence-corrected chi connectivity index (χ1v) is 3.83. The highest BCUT2D eigenvalue weighted by atomic mass is 16.6. The number of nitriles is 1. The highest BCUT2D eigenvalue weighted by Gasteiger charge is 2.19. The Hall–Kier alpha value is -2.09. The molecular weight excluding hydrogens is 184 g/mol. The summed E-state index contributed by atoms with van der Waals surface area (Å²) in [5.74, 6) is 0.117. The predicted molar refractivity (Wildman–Crippen MR) is 49.1 cm³/mol. The van der Waals surface area contributed by atoms with E-state index in [9.17, 15) is 10.1 Å². The first kappa shape index (κ1) is 9.99. The Balaban J connectivity index is 3.44. The van der Waals surface area contributed by atoms with Crippen LogP contribution < -0.4 is 4.74 Å². The van der Waals surface area contributed by atoms with E-state index in [-0.39, 0.29) is 11.4 Å². The van der Waals surface area contributed by atoms with E-state index < -0.39 is 4.92 Å². The summed E-state index contributed by atoms with van der Waals surface area (Å²) in [6, 6.07) is 4.72. The van der Waals surface area contributed by atoms with Gasteiger partial charge in [0, 0.05) is 11.6 Å². The smallest absolute Gasteiger partial charge is 0.313 e. The van der Waals surface area contributed by atoms with Crippen molar-refractivity contribution in [2.75, 3.05) is 7.11 Å². The van der Waals surface area contributed by atoms with Crippen LogP contribution in [0.5, 0.6) is 5.75 Å². The molecule has 0 aliphatic heterocycles. The molecule has 1 aromatic carbocycles. The molecule has 14 heavy (non-hydrogen) atoms. The van der Waals surface area contributed by atoms with Crippen molar-refractivity contribution in [3.8, 4) is 11.8 Å². The molecule has 0 atom stereocenters. The van der Waals surface area contributed by atoms with Crippen molar-refractivity contribution in [2.24, 2.45) is 0 Å². The van der Waals surface area contributed by atoms with E-state index in [4.69, 9.17) is 10.00 Å². The molecule has 0 bridgehead atoms. The van der Waals surface area contributed by atoms with Gasteiger partial charge in [-0.3, -0.25) is 10.1 Å². The maximum atomic E-state index is 10.6. The van der Waals surface area contributed by atoms with Crippen molar-refractivity contribution in [1.82, 2.24) is 0 Å². The average Bonchev–Trinajstić information content (AvgIpc) is 2.15. The van der Waals surface area contributed by atoms with Crippen LogP contribution in [-0.4, -0.2) is 12.0 Å². The normalized spacial score (nSPS) is 9.21. The molecule has 0 saturated carbocycles. The Morgan fingerprint density at radius 2 is 2.21 bits per heavy atom. The minimum absolute atomic E-state index is 0.0912. The number of ether oxygens (including phenoxy) is 1. The molecule has 1 rings (SSSR count). The topological polar surface area (TPSA) is 76.2 Å². The summed E-state index contributed by atoms with van der Waals surface area (Å²) in [7, 11) is 1.34. The van der Waals surface area contributed by atoms with Crippen LogP contribution in [0.4, 0.5) is 5.69 Å². The Labute approximate surface area is 80.7 Å². The second-order valence-electron chi connectivity index (χ2n) is 2.71. The number of nitro groups is 1. The molecule has 0 aliphatic rings. The van der Waals surface area contributed by atoms with Crippen molar-refractivity contribution in [3.63, 3.8) is 0 Å². The summed E-state index contributed by atoms with van der Waals surface area (Å²) in [6.07, 6.45) is 0. The highest BCUT2D eigenvalue weighted by molar-refractivity contribution is 5.56. The van der Waals surface area contributed by atoms with Crippen LogP contribution in [0.25, 0.3) is 0 Å². The van der Waals surface area contributed by atoms with Crippen molar-refractivity contribution in [3.05, 3.63) is 33.4 Å². The Morgan fingerprint density at radius 3 is 2.64 bits per heavy atom. The molecular formula is C9H8N2O3. The molecule has 72 valence electrons. The second kappa shape index (κ2) is 3.75. The van der Waals surface area contributed by atoms with Crippen LogP contribution in [-0.2, 0) is 0 Å². The molecule has 1 aromatic rings. The molecule has 0 radical (unpaired) electrons. The second-order valence-corrected chi connectivity index (χ2v) is 2.71. The van der Waals surface area contributed by atoms with Gasteiger partial charge >= 0.3 is 5.69 Å². The highest BCUT2D eigenvalue weighted by Crippen LogP contribution is 2.31. The number of hydrogen-bond acceptors (Lipinski definition) is 4. The summed E-state index contributed by atoms with van der Waals surface area (Å²) >= 11 is 0. The van der Waals surface area contributed by atoms with E-state index >= 15 is 0 Å². The Morgan fingerprint density at radius 1 is 1.57 bits per heavy atom. The van der Waals surface area contributed by atoms with Gasteiger partial charge in [-0.2, -0.15) is 5.26 Å². The van der Waals surface area contributed by atoms with Gasteiger partial charge in [-0.25, -0.2) is 0 Å². The van der Waals surface area contributed by atoms with Crippen LogP contribution in [0.3, 0.4) is 0 Å². The first-order valence-electron chi connectivity index (χ1n) is 3.83. The molecule has 5 nitrogen and oxygen atoms in total. The quantitative estimate of drug-likeness (QED) is 0.528. The fourth-order valence-corrected chi connectivity index (χ4v) is 1.20. The summed E-state index contributed by atoms with van der Waals surface area (Å²) < 4.78 is 4.84. The van der Waals surface area contributed by atoms with Crippen molar-refractivity contribution < 1.29 is 9.66 Å². The van der Waals surface area contributed by atoms with Crippen molar-refractivity contribution >= 4 is 5.69 Å². The van der Waals surface area contributed by atoms with Crippen LogP contribution in [0.2, 0.25) is 0 Å². The molecule has 0 unspecified atom stereocenters. The van der Waals surface area contributed by atoms with E-state index in [2.05, 4.69) is 0 Å². The van der Waals surface area contributed by atoms with Gasteiger partial charge in [-0.05, 0) is 13.0 Å². The molecule has 0 aromatic heterocycles. The SMILES string of the molecule is COc1cc(C#N)cc(C)c1[N+](=O)[O-]. The maximum Gasteiger partial charge on any atom is 0.313 e. The first-order chi connectivity index (χ1) is 6.60. The minimum atomic E-state index is -0.519. The summed E-state index contributed by atoms with van der Waals surface area (Å²) in [5.41, 5.74) is 0.683. The molecule has 0 N–H and O–H groups in total. The third kappa shape index (κ3) is 1.64. The molecule has 0 saturated heterocycles. The lowest BCUT2D eigenvalue weighted by Gasteiger charge is -2.04. The largest absolute Gasteiger partial charge is 0.490 e. The minimum Gasteiger partial charge on any atom is -0.490 e. The summed E-state index contributed by atoms with van der Waals surface area (Å²) in [5, 5.41) is 19.3. The van der Waals surface area contributed by atoms with Gasteiger partial charge in [0.15, 0.2) is 5.75 Å². The van der Waals surface area contributed by atoms with Crippen LogP contribution in [0, 0.1) is 28.4 Å². The number of rotatable bonds is 2. The van der Waals surface area contributed by atoms with Crippen LogP contribution in [0.15, 0.2) is 12.1 Å². The van der Waals surface area contributed by atoms with Gasteiger partial charge in [0.1, 0.15) is 0 Å². The van der Waals surface area contributed by atoms with E-state index in [1.165, 1.54) is 19.2 Å². The third-order valence-corrected chi connectivity index (χ3v) is 1.80. The molecule has 0 aliphatic carbocycles. The molecule has 0 spiro atoms. The third-order valence-electron chi connectivity index (χ3n) is 1.80. The van der Waals surface area contributed by atoms with Gasteiger partial charge in [-0.1, -0.05) is 0 Å².